The zero-order valence-electron chi connectivity index (χ0n) is 14.6. The van der Waals surface area contributed by atoms with Crippen LogP contribution in [0.3, 0.4) is 0 Å². The van der Waals surface area contributed by atoms with Gasteiger partial charge in [0.15, 0.2) is 5.96 Å². The molecule has 0 aliphatic rings. The Morgan fingerprint density at radius 2 is 2.17 bits per heavy atom. The summed E-state index contributed by atoms with van der Waals surface area (Å²) in [4.78, 5) is 8.26. The van der Waals surface area contributed by atoms with Crippen molar-refractivity contribution >= 4 is 39.8 Å². The van der Waals surface area contributed by atoms with E-state index in [2.05, 4.69) is 20.6 Å². The lowest BCUT2D eigenvalue weighted by atomic mass is 10.2. The van der Waals surface area contributed by atoms with Crippen molar-refractivity contribution in [3.63, 3.8) is 0 Å². The molecule has 0 amide bonds. The highest BCUT2D eigenvalue weighted by molar-refractivity contribution is 14.0. The van der Waals surface area contributed by atoms with Crippen molar-refractivity contribution in [2.75, 3.05) is 25.7 Å². The molecule has 0 fully saturated rings. The van der Waals surface area contributed by atoms with Gasteiger partial charge in [0, 0.05) is 38.2 Å². The molecular weight excluding hydrogens is 443 g/mol. The van der Waals surface area contributed by atoms with Crippen molar-refractivity contribution < 1.29 is 13.2 Å². The molecule has 0 bridgehead atoms. The van der Waals surface area contributed by atoms with Gasteiger partial charge in [0.25, 0.3) is 0 Å². The molecule has 1 unspecified atom stereocenters. The second-order valence-electron chi connectivity index (χ2n) is 5.33. The van der Waals surface area contributed by atoms with E-state index in [4.69, 9.17) is 4.74 Å². The monoisotopic (exact) mass is 470 g/mol. The predicted octanol–water partition coefficient (Wildman–Crippen LogP) is 1.59. The number of nitrogens with zero attached hydrogens (tertiary/aromatic N) is 2. The van der Waals surface area contributed by atoms with E-state index in [-0.39, 0.29) is 35.8 Å². The molecule has 0 aliphatic heterocycles. The zero-order valence-corrected chi connectivity index (χ0v) is 17.7. The molecule has 0 aliphatic carbocycles. The summed E-state index contributed by atoms with van der Waals surface area (Å²) in [6, 6.07) is 3.78. The number of hydrogen-bond acceptors (Lipinski definition) is 5. The second kappa shape index (κ2) is 11.5. The van der Waals surface area contributed by atoms with E-state index in [1.54, 1.807) is 13.2 Å². The lowest BCUT2D eigenvalue weighted by Crippen LogP contribution is -2.42. The van der Waals surface area contributed by atoms with Gasteiger partial charge in [0.2, 0.25) is 5.88 Å². The highest BCUT2D eigenvalue weighted by Crippen LogP contribution is 2.08. The van der Waals surface area contributed by atoms with Crippen molar-refractivity contribution in [1.29, 1.82) is 0 Å². The molecule has 1 heterocycles. The Morgan fingerprint density at radius 1 is 1.46 bits per heavy atom. The minimum absolute atomic E-state index is 0. The van der Waals surface area contributed by atoms with Crippen LogP contribution in [-0.4, -0.2) is 51.1 Å². The molecule has 0 aromatic carbocycles. The van der Waals surface area contributed by atoms with Crippen LogP contribution in [0.1, 0.15) is 25.8 Å². The van der Waals surface area contributed by atoms with Crippen LogP contribution in [0.4, 0.5) is 0 Å². The summed E-state index contributed by atoms with van der Waals surface area (Å²) in [5, 5.41) is 6.37. The van der Waals surface area contributed by atoms with Crippen LogP contribution in [0.2, 0.25) is 0 Å². The van der Waals surface area contributed by atoms with Crippen LogP contribution in [0, 0.1) is 0 Å². The fourth-order valence-electron chi connectivity index (χ4n) is 1.86. The third-order valence-electron chi connectivity index (χ3n) is 3.08. The van der Waals surface area contributed by atoms with E-state index in [1.165, 1.54) is 6.26 Å². The van der Waals surface area contributed by atoms with E-state index in [0.29, 0.717) is 31.4 Å². The average molecular weight is 470 g/mol. The quantitative estimate of drug-likeness (QED) is 0.341. The first-order chi connectivity index (χ1) is 10.8. The van der Waals surface area contributed by atoms with Crippen LogP contribution < -0.4 is 15.4 Å². The number of nitrogens with one attached hydrogen (secondary N) is 2. The highest BCUT2D eigenvalue weighted by Gasteiger charge is 2.09. The third kappa shape index (κ3) is 9.91. The SMILES string of the molecule is CCOc1cc(CNC(=NC)NC(C)CCS(C)(=O)=O)ccn1.I. The largest absolute Gasteiger partial charge is 0.478 e. The molecular formula is C15H27IN4O3S. The van der Waals surface area contributed by atoms with Crippen molar-refractivity contribution in [3.05, 3.63) is 23.9 Å². The van der Waals surface area contributed by atoms with Gasteiger partial charge in [-0.05, 0) is 31.9 Å². The number of halogens is 1. The zero-order chi connectivity index (χ0) is 17.3. The van der Waals surface area contributed by atoms with Crippen LogP contribution in [0.25, 0.3) is 0 Å². The van der Waals surface area contributed by atoms with E-state index in [9.17, 15) is 8.42 Å². The Labute approximate surface area is 161 Å². The van der Waals surface area contributed by atoms with Crippen molar-refractivity contribution in [2.24, 2.45) is 4.99 Å². The maximum atomic E-state index is 11.2. The fraction of sp³-hybridized carbons (Fsp3) is 0.600. The number of sulfone groups is 1. The van der Waals surface area contributed by atoms with Gasteiger partial charge in [-0.15, -0.1) is 24.0 Å². The number of hydrogen-bond donors (Lipinski definition) is 2. The molecule has 1 rings (SSSR count). The van der Waals surface area contributed by atoms with Gasteiger partial charge in [0.05, 0.1) is 12.4 Å². The fourth-order valence-corrected chi connectivity index (χ4v) is 2.65. The highest BCUT2D eigenvalue weighted by atomic mass is 127. The van der Waals surface area contributed by atoms with E-state index in [0.717, 1.165) is 5.56 Å². The summed E-state index contributed by atoms with van der Waals surface area (Å²) in [7, 11) is -1.27. The smallest absolute Gasteiger partial charge is 0.213 e. The lowest BCUT2D eigenvalue weighted by molar-refractivity contribution is 0.326. The Bertz CT molecular complexity index is 623. The molecule has 0 radical (unpaired) electrons. The van der Waals surface area contributed by atoms with Crippen LogP contribution in [-0.2, 0) is 16.4 Å². The molecule has 0 saturated heterocycles. The van der Waals surface area contributed by atoms with Crippen LogP contribution in [0.5, 0.6) is 5.88 Å². The van der Waals surface area contributed by atoms with E-state index in [1.807, 2.05) is 26.0 Å². The number of aliphatic imine (C=N–C) groups is 1. The normalized spacial score (nSPS) is 12.9. The minimum atomic E-state index is -2.95. The molecule has 0 spiro atoms. The number of pyridine rings is 1. The predicted molar refractivity (Wildman–Crippen MR) is 108 cm³/mol. The Morgan fingerprint density at radius 3 is 2.75 bits per heavy atom. The van der Waals surface area contributed by atoms with Gasteiger partial charge < -0.3 is 15.4 Å². The topological polar surface area (TPSA) is 92.7 Å². The molecule has 0 saturated carbocycles. The van der Waals surface area contributed by atoms with Crippen LogP contribution in [0.15, 0.2) is 23.3 Å². The standard InChI is InChI=1S/C15H26N4O3S.HI/c1-5-22-14-10-13(6-8-17-14)11-18-15(16-3)19-12(2)7-9-23(4,20)21;/h6,8,10,12H,5,7,9,11H2,1-4H3,(H2,16,18,19);1H. The molecule has 2 N–H and O–H groups in total. The summed E-state index contributed by atoms with van der Waals surface area (Å²) in [5.41, 5.74) is 1.02. The first-order valence-electron chi connectivity index (χ1n) is 7.56. The lowest BCUT2D eigenvalue weighted by Gasteiger charge is -2.17. The number of aromatic nitrogens is 1. The third-order valence-corrected chi connectivity index (χ3v) is 4.06. The van der Waals surface area contributed by atoms with Gasteiger partial charge in [-0.2, -0.15) is 0 Å². The first kappa shape index (κ1) is 22.9. The summed E-state index contributed by atoms with van der Waals surface area (Å²) < 4.78 is 27.8. The van der Waals surface area contributed by atoms with Crippen molar-refractivity contribution in [2.45, 2.75) is 32.9 Å². The van der Waals surface area contributed by atoms with E-state index >= 15 is 0 Å². The van der Waals surface area contributed by atoms with Gasteiger partial charge in [-0.1, -0.05) is 0 Å². The van der Waals surface area contributed by atoms with Gasteiger partial charge in [-0.25, -0.2) is 13.4 Å². The van der Waals surface area contributed by atoms with E-state index < -0.39 is 9.84 Å². The average Bonchev–Trinajstić information content (AvgIpc) is 2.49. The number of guanidine groups is 1. The summed E-state index contributed by atoms with van der Waals surface area (Å²) in [6.07, 6.45) is 3.47. The van der Waals surface area contributed by atoms with Crippen molar-refractivity contribution in [1.82, 2.24) is 15.6 Å². The van der Waals surface area contributed by atoms with Crippen LogP contribution >= 0.6 is 24.0 Å². The Balaban J connectivity index is 0.00000529. The van der Waals surface area contributed by atoms with Gasteiger partial charge in [0.1, 0.15) is 9.84 Å². The Hall–Kier alpha value is -1.10. The second-order valence-corrected chi connectivity index (χ2v) is 7.58. The number of ether oxygens (including phenoxy) is 1. The van der Waals surface area contributed by atoms with Gasteiger partial charge >= 0.3 is 0 Å². The summed E-state index contributed by atoms with van der Waals surface area (Å²) in [6.45, 7) is 4.99. The molecule has 1 aromatic rings. The first-order valence-corrected chi connectivity index (χ1v) is 9.62. The summed E-state index contributed by atoms with van der Waals surface area (Å²) in [5.74, 6) is 1.37. The van der Waals surface area contributed by atoms with Crippen molar-refractivity contribution in [3.8, 4) is 5.88 Å². The minimum Gasteiger partial charge on any atom is -0.478 e. The number of rotatable bonds is 8. The maximum Gasteiger partial charge on any atom is 0.213 e. The molecule has 138 valence electrons. The Kier molecular flexibility index (Phi) is 10.9. The maximum absolute atomic E-state index is 11.2. The molecule has 9 heteroatoms. The molecule has 7 nitrogen and oxygen atoms in total. The van der Waals surface area contributed by atoms with Gasteiger partial charge in [-0.3, -0.25) is 4.99 Å². The molecule has 1 atom stereocenters. The molecule has 1 aromatic heterocycles. The molecule has 24 heavy (non-hydrogen) atoms. The summed E-state index contributed by atoms with van der Waals surface area (Å²) >= 11 is 0.